The molecule has 0 radical (unpaired) electrons. The van der Waals surface area contributed by atoms with Gasteiger partial charge in [0.25, 0.3) is 0 Å². The molecule has 3 saturated heterocycles. The lowest BCUT2D eigenvalue weighted by molar-refractivity contribution is -0.373. The molecule has 0 aromatic rings. The van der Waals surface area contributed by atoms with Crippen molar-refractivity contribution in [2.45, 2.75) is 123 Å². The van der Waals surface area contributed by atoms with Gasteiger partial charge in [0.2, 0.25) is 0 Å². The van der Waals surface area contributed by atoms with Gasteiger partial charge in [0.1, 0.15) is 79.4 Å². The summed E-state index contributed by atoms with van der Waals surface area (Å²) < 4.78 is 27.4. The van der Waals surface area contributed by atoms with Crippen molar-refractivity contribution in [3.63, 3.8) is 0 Å². The van der Waals surface area contributed by atoms with E-state index < -0.39 is 136 Å². The fourth-order valence-electron chi connectivity index (χ4n) is 5.81. The minimum Gasteiger partial charge on any atom is -0.394 e. The molecule has 0 aromatic heterocycles. The molecular formula is C25H43NO18. The van der Waals surface area contributed by atoms with Gasteiger partial charge < -0.3 is 95.4 Å². The summed E-state index contributed by atoms with van der Waals surface area (Å²) in [5, 5.41) is 136. The molecule has 0 amide bonds. The second-order valence-electron chi connectivity index (χ2n) is 11.4. The molecule has 44 heavy (non-hydrogen) atoms. The molecule has 14 N–H and O–H groups in total. The van der Waals surface area contributed by atoms with Gasteiger partial charge in [-0.25, -0.2) is 0 Å². The lowest BCUT2D eigenvalue weighted by atomic mass is 9.86. The zero-order valence-electron chi connectivity index (χ0n) is 23.5. The van der Waals surface area contributed by atoms with Crippen LogP contribution in [0.2, 0.25) is 0 Å². The monoisotopic (exact) mass is 645 g/mol. The number of aliphatic hydroxyl groups is 13. The smallest absolute Gasteiger partial charge is 0.187 e. The van der Waals surface area contributed by atoms with E-state index in [4.69, 9.17) is 23.7 Å². The Bertz CT molecular complexity index is 958. The van der Waals surface area contributed by atoms with Crippen LogP contribution >= 0.6 is 0 Å². The van der Waals surface area contributed by atoms with E-state index in [9.17, 15) is 66.4 Å². The summed E-state index contributed by atoms with van der Waals surface area (Å²) in [5.74, 6) is 0. The Kier molecular flexibility index (Phi) is 12.1. The van der Waals surface area contributed by atoms with Crippen LogP contribution in [0.1, 0.15) is 6.92 Å². The number of ether oxygens (including phenoxy) is 5. The van der Waals surface area contributed by atoms with Gasteiger partial charge in [-0.3, -0.25) is 0 Å². The Balaban J connectivity index is 1.42. The van der Waals surface area contributed by atoms with Crippen LogP contribution in [0.5, 0.6) is 0 Å². The lowest BCUT2D eigenvalue weighted by Crippen LogP contribution is -2.68. The third-order valence-electron chi connectivity index (χ3n) is 8.48. The Hall–Kier alpha value is -1.02. The van der Waals surface area contributed by atoms with Gasteiger partial charge in [-0.2, -0.15) is 0 Å². The molecule has 3 heterocycles. The average Bonchev–Trinajstić information content (AvgIpc) is 3.00. The fourth-order valence-corrected chi connectivity index (χ4v) is 5.81. The first-order valence-electron chi connectivity index (χ1n) is 14.1. The minimum absolute atomic E-state index is 0.0225. The van der Waals surface area contributed by atoms with Crippen LogP contribution in [-0.2, 0) is 23.7 Å². The second-order valence-corrected chi connectivity index (χ2v) is 11.4. The highest BCUT2D eigenvalue weighted by molar-refractivity contribution is 5.22. The number of nitrogens with one attached hydrogen (secondary N) is 1. The number of hydrogen-bond acceptors (Lipinski definition) is 19. The molecule has 0 saturated carbocycles. The van der Waals surface area contributed by atoms with Crippen molar-refractivity contribution in [2.75, 3.05) is 19.8 Å². The maximum absolute atomic E-state index is 10.9. The predicted molar refractivity (Wildman–Crippen MR) is 138 cm³/mol. The highest BCUT2D eigenvalue weighted by atomic mass is 16.7. The Morgan fingerprint density at radius 1 is 0.636 bits per heavy atom. The maximum atomic E-state index is 10.9. The molecular weight excluding hydrogens is 602 g/mol. The third kappa shape index (κ3) is 6.96. The van der Waals surface area contributed by atoms with Crippen LogP contribution in [0.4, 0.5) is 0 Å². The van der Waals surface area contributed by atoms with Crippen molar-refractivity contribution in [3.8, 4) is 0 Å². The molecule has 0 unspecified atom stereocenters. The van der Waals surface area contributed by atoms with Crippen molar-refractivity contribution < 1.29 is 90.1 Å². The highest BCUT2D eigenvalue weighted by Crippen LogP contribution is 2.32. The molecule has 19 heteroatoms. The summed E-state index contributed by atoms with van der Waals surface area (Å²) in [7, 11) is 0. The fraction of sp³-hybridized carbons (Fsp3) is 0.920. The van der Waals surface area contributed by atoms with Gasteiger partial charge in [0, 0.05) is 0 Å². The van der Waals surface area contributed by atoms with Crippen LogP contribution in [0.3, 0.4) is 0 Å². The number of aliphatic hydroxyl groups excluding tert-OH is 13. The number of rotatable bonds is 9. The topological polar surface area (TPSA) is 321 Å². The summed E-state index contributed by atoms with van der Waals surface area (Å²) in [5.41, 5.74) is 0.0225. The van der Waals surface area contributed by atoms with E-state index in [1.54, 1.807) is 0 Å². The first-order chi connectivity index (χ1) is 20.7. The van der Waals surface area contributed by atoms with Crippen LogP contribution in [0, 0.1) is 0 Å². The summed E-state index contributed by atoms with van der Waals surface area (Å²) in [4.78, 5) is 0. The normalized spacial score (nSPS) is 52.0. The molecule has 0 spiro atoms. The summed E-state index contributed by atoms with van der Waals surface area (Å²) in [6, 6.07) is -2.17. The Morgan fingerprint density at radius 2 is 1.16 bits per heavy atom. The zero-order valence-corrected chi connectivity index (χ0v) is 23.5. The quantitative estimate of drug-likeness (QED) is 0.103. The van der Waals surface area contributed by atoms with Crippen molar-refractivity contribution in [1.82, 2.24) is 5.32 Å². The summed E-state index contributed by atoms with van der Waals surface area (Å²) >= 11 is 0. The molecule has 19 nitrogen and oxygen atoms in total. The highest BCUT2D eigenvalue weighted by Gasteiger charge is 2.53. The van der Waals surface area contributed by atoms with Crippen LogP contribution < -0.4 is 5.32 Å². The van der Waals surface area contributed by atoms with E-state index in [-0.39, 0.29) is 5.57 Å². The van der Waals surface area contributed by atoms with Crippen LogP contribution in [0.25, 0.3) is 0 Å². The average molecular weight is 646 g/mol. The van der Waals surface area contributed by atoms with Gasteiger partial charge in [-0.05, 0) is 12.5 Å². The second kappa shape index (κ2) is 14.8. The van der Waals surface area contributed by atoms with Gasteiger partial charge in [-0.1, -0.05) is 6.08 Å². The molecule has 256 valence electrons. The third-order valence-corrected chi connectivity index (χ3v) is 8.48. The van der Waals surface area contributed by atoms with Crippen LogP contribution in [0.15, 0.2) is 11.6 Å². The predicted octanol–water partition coefficient (Wildman–Crippen LogP) is -8.56. The molecule has 3 aliphatic heterocycles. The Labute approximate surface area is 250 Å². The first-order valence-corrected chi connectivity index (χ1v) is 14.1. The maximum Gasteiger partial charge on any atom is 0.187 e. The van der Waals surface area contributed by atoms with E-state index >= 15 is 0 Å². The SMILES string of the molecule is C[C@@H]1O[C@H](O[C@H]2[C@@H](O)[C@@H](O)[C@@H](O[C@H]3[C@@H](O)[C@@H](O)[C@@H](O)O[C@H]3CO)O[C@H]2CO)[C@H](O)[C@H](O)[C@@H]1N[C@@H]1C=C(CO)[C@H](O)[C@@H](O)[C@H]1O. The first kappa shape index (κ1) is 35.8. The van der Waals surface area contributed by atoms with Gasteiger partial charge in [0.05, 0.1) is 38.0 Å². The molecule has 4 aliphatic rings. The minimum atomic E-state index is -1.93. The molecule has 3 fully saturated rings. The zero-order chi connectivity index (χ0) is 32.6. The van der Waals surface area contributed by atoms with Crippen molar-refractivity contribution in [2.24, 2.45) is 0 Å². The largest absolute Gasteiger partial charge is 0.394 e. The van der Waals surface area contributed by atoms with E-state index in [1.807, 2.05) is 0 Å². The standard InChI is InChI=1S/C25H43NO18/c1-6-11(26-8-2-7(3-27)12(30)15(33)13(8)31)14(32)19(37)24(40-6)43-22-10(5-29)42-25(20(38)17(22)35)44-21-9(4-28)41-23(39)18(36)16(21)34/h2,6,8-39H,3-5H2,1H3/t6-,8+,9-,10-,11+,12-,13-,14+,15+,16-,17-,18+,19+,20+,21+,22+,23-,24+,25+/m0/s1. The van der Waals surface area contributed by atoms with Gasteiger partial charge >= 0.3 is 0 Å². The Morgan fingerprint density at radius 3 is 1.73 bits per heavy atom. The van der Waals surface area contributed by atoms with Crippen molar-refractivity contribution in [3.05, 3.63) is 11.6 Å². The van der Waals surface area contributed by atoms with Gasteiger partial charge in [-0.15, -0.1) is 0 Å². The van der Waals surface area contributed by atoms with Crippen molar-refractivity contribution >= 4 is 0 Å². The molecule has 0 aromatic carbocycles. The lowest BCUT2D eigenvalue weighted by Gasteiger charge is -2.48. The van der Waals surface area contributed by atoms with E-state index in [0.29, 0.717) is 0 Å². The van der Waals surface area contributed by atoms with Gasteiger partial charge in [0.15, 0.2) is 18.9 Å². The number of hydrogen-bond donors (Lipinski definition) is 14. The van der Waals surface area contributed by atoms with E-state index in [1.165, 1.54) is 13.0 Å². The molecule has 0 bridgehead atoms. The summed E-state index contributed by atoms with van der Waals surface area (Å²) in [6.45, 7) is -0.753. The van der Waals surface area contributed by atoms with Crippen LogP contribution in [-0.4, -0.2) is 203 Å². The van der Waals surface area contributed by atoms with E-state index in [0.717, 1.165) is 0 Å². The van der Waals surface area contributed by atoms with Crippen molar-refractivity contribution in [1.29, 1.82) is 0 Å². The van der Waals surface area contributed by atoms with E-state index in [2.05, 4.69) is 5.32 Å². The molecule has 1 aliphatic carbocycles. The molecule has 19 atom stereocenters. The summed E-state index contributed by atoms with van der Waals surface area (Å²) in [6.07, 6.45) is -26.6. The molecule has 4 rings (SSSR count).